The van der Waals surface area contributed by atoms with Crippen LogP contribution >= 0.6 is 0 Å². The van der Waals surface area contributed by atoms with Crippen molar-refractivity contribution in [1.82, 2.24) is 9.88 Å². The summed E-state index contributed by atoms with van der Waals surface area (Å²) in [6.45, 7) is 9.44. The first-order valence-corrected chi connectivity index (χ1v) is 7.24. The second-order valence-corrected chi connectivity index (χ2v) is 6.43. The quantitative estimate of drug-likeness (QED) is 0.796. The van der Waals surface area contributed by atoms with E-state index in [2.05, 4.69) is 22.9 Å². The zero-order valence-electron chi connectivity index (χ0n) is 12.8. The number of carbonyl (C=O) groups is 1. The SMILES string of the molecule is Cc1cccnc1CN1CCC[C@@H]1C(=O)OC(C)(C)C. The third kappa shape index (κ3) is 3.79. The molecular weight excluding hydrogens is 252 g/mol. The summed E-state index contributed by atoms with van der Waals surface area (Å²) in [5, 5.41) is 0. The Balaban J connectivity index is 2.04. The lowest BCUT2D eigenvalue weighted by atomic mass is 10.1. The monoisotopic (exact) mass is 276 g/mol. The molecule has 0 bridgehead atoms. The molecule has 1 atom stereocenters. The molecule has 1 aromatic heterocycles. The molecule has 1 aliphatic heterocycles. The lowest BCUT2D eigenvalue weighted by Crippen LogP contribution is -2.40. The largest absolute Gasteiger partial charge is 0.459 e. The molecule has 0 saturated carbocycles. The molecule has 2 rings (SSSR count). The number of nitrogens with zero attached hydrogens (tertiary/aromatic N) is 2. The summed E-state index contributed by atoms with van der Waals surface area (Å²) in [4.78, 5) is 18.9. The lowest BCUT2D eigenvalue weighted by molar-refractivity contribution is -0.160. The van der Waals surface area contributed by atoms with E-state index in [0.29, 0.717) is 0 Å². The molecular formula is C16H24N2O2. The van der Waals surface area contributed by atoms with E-state index >= 15 is 0 Å². The Morgan fingerprint density at radius 2 is 2.25 bits per heavy atom. The molecule has 0 spiro atoms. The standard InChI is InChI=1S/C16H24N2O2/c1-12-7-5-9-17-13(12)11-18-10-6-8-14(18)15(19)20-16(2,3)4/h5,7,9,14H,6,8,10-11H2,1-4H3/t14-/m1/s1. The van der Waals surface area contributed by atoms with Crippen molar-refractivity contribution in [3.05, 3.63) is 29.6 Å². The minimum Gasteiger partial charge on any atom is -0.459 e. The van der Waals surface area contributed by atoms with Crippen molar-refractivity contribution in [2.24, 2.45) is 0 Å². The van der Waals surface area contributed by atoms with Crippen molar-refractivity contribution < 1.29 is 9.53 Å². The van der Waals surface area contributed by atoms with Crippen LogP contribution in [0, 0.1) is 6.92 Å². The summed E-state index contributed by atoms with van der Waals surface area (Å²) in [7, 11) is 0. The van der Waals surface area contributed by atoms with Crippen molar-refractivity contribution in [1.29, 1.82) is 0 Å². The first-order chi connectivity index (χ1) is 9.37. The minimum absolute atomic E-state index is 0.108. The van der Waals surface area contributed by atoms with Gasteiger partial charge in [-0.1, -0.05) is 6.07 Å². The van der Waals surface area contributed by atoms with Gasteiger partial charge < -0.3 is 4.74 Å². The van der Waals surface area contributed by atoms with Crippen LogP contribution in [-0.4, -0.2) is 34.0 Å². The van der Waals surface area contributed by atoms with E-state index < -0.39 is 5.60 Å². The second-order valence-electron chi connectivity index (χ2n) is 6.43. The van der Waals surface area contributed by atoms with Gasteiger partial charge in [-0.3, -0.25) is 14.7 Å². The third-order valence-corrected chi connectivity index (χ3v) is 3.51. The van der Waals surface area contributed by atoms with E-state index in [9.17, 15) is 4.79 Å². The van der Waals surface area contributed by atoms with Crippen molar-refractivity contribution in [3.63, 3.8) is 0 Å². The van der Waals surface area contributed by atoms with Crippen LogP contribution in [0.1, 0.15) is 44.9 Å². The maximum absolute atomic E-state index is 12.3. The number of pyridine rings is 1. The summed E-state index contributed by atoms with van der Waals surface area (Å²) in [5.41, 5.74) is 1.79. The average molecular weight is 276 g/mol. The second kappa shape index (κ2) is 5.92. The number of esters is 1. The molecule has 1 fully saturated rings. The smallest absolute Gasteiger partial charge is 0.323 e. The fourth-order valence-electron chi connectivity index (χ4n) is 2.53. The van der Waals surface area contributed by atoms with Gasteiger partial charge in [0.05, 0.1) is 5.69 Å². The van der Waals surface area contributed by atoms with Crippen molar-refractivity contribution in [2.45, 2.75) is 58.7 Å². The van der Waals surface area contributed by atoms with E-state index in [0.717, 1.165) is 31.6 Å². The van der Waals surface area contributed by atoms with Gasteiger partial charge in [0.2, 0.25) is 0 Å². The average Bonchev–Trinajstić information content (AvgIpc) is 2.78. The molecule has 4 heteroatoms. The van der Waals surface area contributed by atoms with Crippen molar-refractivity contribution >= 4 is 5.97 Å². The van der Waals surface area contributed by atoms with Gasteiger partial charge in [-0.15, -0.1) is 0 Å². The summed E-state index contributed by atoms with van der Waals surface area (Å²) in [6.07, 6.45) is 3.72. The number of likely N-dealkylation sites (tertiary alicyclic amines) is 1. The molecule has 0 amide bonds. The number of rotatable bonds is 3. The molecule has 0 aromatic carbocycles. The first kappa shape index (κ1) is 15.0. The molecule has 0 N–H and O–H groups in total. The number of ether oxygens (including phenoxy) is 1. The van der Waals surface area contributed by atoms with E-state index in [4.69, 9.17) is 4.74 Å². The zero-order chi connectivity index (χ0) is 14.8. The van der Waals surface area contributed by atoms with Crippen LogP contribution in [0.4, 0.5) is 0 Å². The van der Waals surface area contributed by atoms with Crippen molar-refractivity contribution in [2.75, 3.05) is 6.54 Å². The van der Waals surface area contributed by atoms with Crippen LogP contribution in [-0.2, 0) is 16.1 Å². The van der Waals surface area contributed by atoms with Crippen molar-refractivity contribution in [3.8, 4) is 0 Å². The van der Waals surface area contributed by atoms with Gasteiger partial charge in [0, 0.05) is 12.7 Å². The molecule has 4 nitrogen and oxygen atoms in total. The third-order valence-electron chi connectivity index (χ3n) is 3.51. The Bertz CT molecular complexity index is 480. The van der Waals surface area contributed by atoms with Gasteiger partial charge in [-0.05, 0) is 58.7 Å². The van der Waals surface area contributed by atoms with E-state index in [1.54, 1.807) is 6.20 Å². The van der Waals surface area contributed by atoms with Crippen LogP contribution in [0.3, 0.4) is 0 Å². The van der Waals surface area contributed by atoms with Crippen LogP contribution in [0.2, 0.25) is 0 Å². The molecule has 0 aliphatic carbocycles. The molecule has 1 saturated heterocycles. The highest BCUT2D eigenvalue weighted by Gasteiger charge is 2.34. The molecule has 0 radical (unpaired) electrons. The Hall–Kier alpha value is -1.42. The number of carbonyl (C=O) groups excluding carboxylic acids is 1. The fraction of sp³-hybridized carbons (Fsp3) is 0.625. The summed E-state index contributed by atoms with van der Waals surface area (Å²) < 4.78 is 5.52. The highest BCUT2D eigenvalue weighted by Crippen LogP contribution is 2.23. The number of hydrogen-bond donors (Lipinski definition) is 0. The predicted octanol–water partition coefficient (Wildman–Crippen LogP) is 2.70. The topological polar surface area (TPSA) is 42.4 Å². The predicted molar refractivity (Wildman–Crippen MR) is 78.3 cm³/mol. The Labute approximate surface area is 121 Å². The molecule has 20 heavy (non-hydrogen) atoms. The van der Waals surface area contributed by atoms with Crippen LogP contribution in [0.25, 0.3) is 0 Å². The Morgan fingerprint density at radius 3 is 2.90 bits per heavy atom. The summed E-state index contributed by atoms with van der Waals surface area (Å²) >= 11 is 0. The molecule has 2 heterocycles. The highest BCUT2D eigenvalue weighted by molar-refractivity contribution is 5.76. The van der Waals surface area contributed by atoms with E-state index in [1.165, 1.54) is 5.56 Å². The van der Waals surface area contributed by atoms with E-state index in [1.807, 2.05) is 26.8 Å². The van der Waals surface area contributed by atoms with Gasteiger partial charge >= 0.3 is 5.97 Å². The van der Waals surface area contributed by atoms with Gasteiger partial charge in [0.25, 0.3) is 0 Å². The molecule has 1 aliphatic rings. The van der Waals surface area contributed by atoms with Gasteiger partial charge in [0.15, 0.2) is 0 Å². The Morgan fingerprint density at radius 1 is 1.50 bits per heavy atom. The summed E-state index contributed by atoms with van der Waals surface area (Å²) in [6, 6.07) is 3.87. The lowest BCUT2D eigenvalue weighted by Gasteiger charge is -2.27. The van der Waals surface area contributed by atoms with Crippen LogP contribution in [0.5, 0.6) is 0 Å². The number of hydrogen-bond acceptors (Lipinski definition) is 4. The van der Waals surface area contributed by atoms with Gasteiger partial charge in [-0.2, -0.15) is 0 Å². The first-order valence-electron chi connectivity index (χ1n) is 7.24. The normalized spacial score (nSPS) is 20.1. The van der Waals surface area contributed by atoms with Gasteiger partial charge in [-0.25, -0.2) is 0 Å². The number of aromatic nitrogens is 1. The van der Waals surface area contributed by atoms with E-state index in [-0.39, 0.29) is 12.0 Å². The maximum Gasteiger partial charge on any atom is 0.323 e. The minimum atomic E-state index is -0.424. The highest BCUT2D eigenvalue weighted by atomic mass is 16.6. The van der Waals surface area contributed by atoms with Gasteiger partial charge in [0.1, 0.15) is 11.6 Å². The molecule has 1 aromatic rings. The maximum atomic E-state index is 12.3. The van der Waals surface area contributed by atoms with Crippen LogP contribution in [0.15, 0.2) is 18.3 Å². The fourth-order valence-corrected chi connectivity index (χ4v) is 2.53. The molecule has 0 unspecified atom stereocenters. The van der Waals surface area contributed by atoms with Crippen LogP contribution < -0.4 is 0 Å². The molecule has 110 valence electrons. The summed E-state index contributed by atoms with van der Waals surface area (Å²) in [5.74, 6) is -0.108. The number of aryl methyl sites for hydroxylation is 1. The zero-order valence-corrected chi connectivity index (χ0v) is 12.8. The Kier molecular flexibility index (Phi) is 4.43.